The summed E-state index contributed by atoms with van der Waals surface area (Å²) in [6.07, 6.45) is 2.28. The molecular weight excluding hydrogens is 403 g/mol. The van der Waals surface area contributed by atoms with Crippen molar-refractivity contribution < 1.29 is 13.9 Å². The number of carbonyl (C=O) groups excluding carboxylic acids is 1. The molecule has 8 heteroatoms. The molecule has 30 heavy (non-hydrogen) atoms. The molecule has 0 bridgehead atoms. The molecule has 2 aromatic carbocycles. The van der Waals surface area contributed by atoms with Gasteiger partial charge in [0, 0.05) is 32.0 Å². The number of nitrogens with one attached hydrogen (secondary N) is 2. The van der Waals surface area contributed by atoms with Gasteiger partial charge in [0.2, 0.25) is 5.91 Å². The summed E-state index contributed by atoms with van der Waals surface area (Å²) in [4.78, 5) is 19.3. The Morgan fingerprint density at radius 2 is 1.93 bits per heavy atom. The zero-order valence-corrected chi connectivity index (χ0v) is 17.2. The first-order valence-corrected chi connectivity index (χ1v) is 11.0. The van der Waals surface area contributed by atoms with Gasteiger partial charge in [0.25, 0.3) is 5.19 Å². The van der Waals surface area contributed by atoms with Crippen molar-refractivity contribution in [3.05, 3.63) is 59.9 Å². The van der Waals surface area contributed by atoms with Gasteiger partial charge in [0.15, 0.2) is 0 Å². The van der Waals surface area contributed by atoms with Crippen molar-refractivity contribution in [3.8, 4) is 5.19 Å². The molecule has 0 aliphatic carbocycles. The number of thiazole rings is 1. The maximum atomic E-state index is 13.4. The molecule has 2 atom stereocenters. The highest BCUT2D eigenvalue weighted by Gasteiger charge is 2.34. The second kappa shape index (κ2) is 8.29. The Morgan fingerprint density at radius 1 is 1.13 bits per heavy atom. The van der Waals surface area contributed by atoms with Crippen LogP contribution in [0.1, 0.15) is 30.9 Å². The average Bonchev–Trinajstić information content (AvgIpc) is 3.41. The first kappa shape index (κ1) is 19.4. The van der Waals surface area contributed by atoms with Crippen molar-refractivity contribution in [1.29, 1.82) is 0 Å². The lowest BCUT2D eigenvalue weighted by molar-refractivity contribution is -0.135. The number of piperidine rings is 1. The van der Waals surface area contributed by atoms with Gasteiger partial charge in [-0.2, -0.15) is 0 Å². The number of hydrazine groups is 1. The molecule has 0 saturated carbocycles. The fraction of sp³-hybridized carbons (Fsp3) is 0.364. The Labute approximate surface area is 178 Å². The number of hydrogen-bond acceptors (Lipinski definition) is 6. The molecule has 1 aromatic heterocycles. The summed E-state index contributed by atoms with van der Waals surface area (Å²) in [7, 11) is 0. The van der Waals surface area contributed by atoms with Crippen LogP contribution in [0.25, 0.3) is 10.2 Å². The number of amides is 1. The Kier molecular flexibility index (Phi) is 5.37. The Balaban J connectivity index is 1.14. The van der Waals surface area contributed by atoms with Crippen LogP contribution in [0, 0.1) is 5.82 Å². The number of hydrogen-bond donors (Lipinski definition) is 2. The van der Waals surface area contributed by atoms with E-state index >= 15 is 0 Å². The summed E-state index contributed by atoms with van der Waals surface area (Å²) < 4.78 is 20.2. The van der Waals surface area contributed by atoms with Gasteiger partial charge < -0.3 is 9.64 Å². The predicted octanol–water partition coefficient (Wildman–Crippen LogP) is 3.41. The van der Waals surface area contributed by atoms with Gasteiger partial charge in [-0.15, -0.1) is 0 Å². The van der Waals surface area contributed by atoms with E-state index in [9.17, 15) is 9.18 Å². The molecule has 2 aliphatic rings. The lowest BCUT2D eigenvalue weighted by Gasteiger charge is -2.33. The number of rotatable bonds is 4. The maximum absolute atomic E-state index is 13.4. The highest BCUT2D eigenvalue weighted by atomic mass is 32.1. The fourth-order valence-corrected chi connectivity index (χ4v) is 5.01. The molecule has 2 unspecified atom stereocenters. The fourth-order valence-electron chi connectivity index (χ4n) is 4.11. The third-order valence-electron chi connectivity index (χ3n) is 5.76. The Morgan fingerprint density at radius 3 is 2.73 bits per heavy atom. The molecule has 1 amide bonds. The van der Waals surface area contributed by atoms with Crippen molar-refractivity contribution in [2.24, 2.45) is 0 Å². The van der Waals surface area contributed by atoms with Crippen molar-refractivity contribution >= 4 is 27.5 Å². The summed E-state index contributed by atoms with van der Waals surface area (Å²) in [5.41, 5.74) is 8.34. The third-order valence-corrected chi connectivity index (χ3v) is 6.66. The number of nitrogens with zero attached hydrogens (tertiary/aromatic N) is 2. The van der Waals surface area contributed by atoms with Gasteiger partial charge in [-0.1, -0.05) is 41.7 Å². The number of carbonyl (C=O) groups is 1. The number of aromatic nitrogens is 1. The summed E-state index contributed by atoms with van der Waals surface area (Å²) in [6.45, 7) is 1.33. The first-order chi connectivity index (χ1) is 14.7. The molecule has 2 fully saturated rings. The highest BCUT2D eigenvalue weighted by Crippen LogP contribution is 2.30. The van der Waals surface area contributed by atoms with Crippen molar-refractivity contribution in [2.45, 2.75) is 37.5 Å². The number of fused-ring (bicyclic) bond motifs is 1. The highest BCUT2D eigenvalue weighted by molar-refractivity contribution is 7.20. The van der Waals surface area contributed by atoms with Gasteiger partial charge in [-0.3, -0.25) is 4.79 Å². The van der Waals surface area contributed by atoms with Crippen molar-refractivity contribution in [1.82, 2.24) is 20.7 Å². The van der Waals surface area contributed by atoms with Gasteiger partial charge >= 0.3 is 0 Å². The predicted molar refractivity (Wildman–Crippen MR) is 114 cm³/mol. The van der Waals surface area contributed by atoms with E-state index in [2.05, 4.69) is 28.0 Å². The minimum Gasteiger partial charge on any atom is -0.467 e. The van der Waals surface area contributed by atoms with Gasteiger partial charge in [0.05, 0.1) is 10.2 Å². The van der Waals surface area contributed by atoms with Crippen molar-refractivity contribution in [2.75, 3.05) is 13.1 Å². The molecule has 5 rings (SSSR count). The molecule has 2 N–H and O–H groups in total. The van der Waals surface area contributed by atoms with E-state index in [-0.39, 0.29) is 29.9 Å². The minimum atomic E-state index is -0.269. The molecule has 0 radical (unpaired) electrons. The van der Waals surface area contributed by atoms with E-state index in [0.29, 0.717) is 18.3 Å². The van der Waals surface area contributed by atoms with Crippen LogP contribution in [0.4, 0.5) is 4.39 Å². The normalized spacial score (nSPS) is 22.5. The molecule has 3 heterocycles. The van der Waals surface area contributed by atoms with E-state index in [1.54, 1.807) is 6.07 Å². The summed E-state index contributed by atoms with van der Waals surface area (Å²) in [5.74, 6) is -0.135. The van der Waals surface area contributed by atoms with Crippen molar-refractivity contribution in [3.63, 3.8) is 0 Å². The molecular formula is C22H23FN4O2S. The lowest BCUT2D eigenvalue weighted by Crippen LogP contribution is -2.49. The lowest BCUT2D eigenvalue weighted by atomic mass is 10.0. The zero-order chi connectivity index (χ0) is 20.5. The number of likely N-dealkylation sites (tertiary alicyclic amines) is 1. The van der Waals surface area contributed by atoms with Gasteiger partial charge in [-0.25, -0.2) is 20.2 Å². The quantitative estimate of drug-likeness (QED) is 0.669. The SMILES string of the molecule is O=C(C1CC(c2ccccc2)NN1)N1CCC(Oc2nc3ccc(F)cc3s2)CC1. The molecule has 2 aliphatic heterocycles. The van der Waals surface area contributed by atoms with E-state index < -0.39 is 0 Å². The van der Waals surface area contributed by atoms with Gasteiger partial charge in [-0.05, 0) is 30.2 Å². The summed E-state index contributed by atoms with van der Waals surface area (Å²) in [6, 6.07) is 14.6. The summed E-state index contributed by atoms with van der Waals surface area (Å²) in [5, 5.41) is 0.563. The van der Waals surface area contributed by atoms with E-state index in [1.165, 1.54) is 29.0 Å². The van der Waals surface area contributed by atoms with Crippen LogP contribution in [-0.4, -0.2) is 41.0 Å². The van der Waals surface area contributed by atoms with Crippen LogP contribution in [0.15, 0.2) is 48.5 Å². The topological polar surface area (TPSA) is 66.5 Å². The first-order valence-electron chi connectivity index (χ1n) is 10.2. The van der Waals surface area contributed by atoms with Gasteiger partial charge in [0.1, 0.15) is 18.0 Å². The van der Waals surface area contributed by atoms with E-state index in [1.807, 2.05) is 23.1 Å². The molecule has 2 saturated heterocycles. The van der Waals surface area contributed by atoms with Crippen LogP contribution in [0.2, 0.25) is 0 Å². The third kappa shape index (κ3) is 4.03. The monoisotopic (exact) mass is 426 g/mol. The minimum absolute atomic E-state index is 0.0196. The second-order valence-corrected chi connectivity index (χ2v) is 8.77. The number of ether oxygens (including phenoxy) is 1. The largest absolute Gasteiger partial charge is 0.467 e. The maximum Gasteiger partial charge on any atom is 0.274 e. The summed E-state index contributed by atoms with van der Waals surface area (Å²) >= 11 is 1.36. The smallest absolute Gasteiger partial charge is 0.274 e. The Bertz CT molecular complexity index is 1040. The standard InChI is InChI=1S/C22H23FN4O2S/c23-15-6-7-17-20(12-15)30-22(24-17)29-16-8-10-27(11-9-16)21(28)19-13-18(25-26-19)14-4-2-1-3-5-14/h1-7,12,16,18-19,25-26H,8-11,13H2. The van der Waals surface area contributed by atoms with Crippen LogP contribution in [-0.2, 0) is 4.79 Å². The second-order valence-electron chi connectivity index (χ2n) is 7.77. The van der Waals surface area contributed by atoms with E-state index in [4.69, 9.17) is 4.74 Å². The Hall–Kier alpha value is -2.55. The number of benzene rings is 2. The molecule has 3 aromatic rings. The number of halogens is 1. The van der Waals surface area contributed by atoms with Crippen LogP contribution >= 0.6 is 11.3 Å². The molecule has 156 valence electrons. The molecule has 0 spiro atoms. The van der Waals surface area contributed by atoms with Crippen LogP contribution in [0.5, 0.6) is 5.19 Å². The average molecular weight is 427 g/mol. The zero-order valence-electron chi connectivity index (χ0n) is 16.4. The van der Waals surface area contributed by atoms with E-state index in [0.717, 1.165) is 29.5 Å². The van der Waals surface area contributed by atoms with Crippen LogP contribution < -0.4 is 15.6 Å². The van der Waals surface area contributed by atoms with Crippen LogP contribution in [0.3, 0.4) is 0 Å². The molecule has 6 nitrogen and oxygen atoms in total.